The highest BCUT2D eigenvalue weighted by molar-refractivity contribution is 6.99. The number of hydrogen-bond donors (Lipinski definition) is 4. The fourth-order valence-electron chi connectivity index (χ4n) is 5.00. The molecule has 2 aromatic carbocycles. The Labute approximate surface area is 255 Å². The van der Waals surface area contributed by atoms with Crippen LogP contribution in [0.1, 0.15) is 40.5 Å². The maximum Gasteiger partial charge on any atom is 0.331 e. The summed E-state index contributed by atoms with van der Waals surface area (Å²) in [6.07, 6.45) is 12.2. The van der Waals surface area contributed by atoms with E-state index in [0.29, 0.717) is 6.42 Å². The van der Waals surface area contributed by atoms with Crippen LogP contribution in [-0.2, 0) is 14.0 Å². The number of benzene rings is 2. The van der Waals surface area contributed by atoms with Gasteiger partial charge in [-0.05, 0) is 34.5 Å². The maximum absolute atomic E-state index is 11.4. The summed E-state index contributed by atoms with van der Waals surface area (Å²) < 4.78 is 11.7. The summed E-state index contributed by atoms with van der Waals surface area (Å²) in [4.78, 5) is 11.4. The van der Waals surface area contributed by atoms with Gasteiger partial charge in [-0.2, -0.15) is 0 Å². The van der Waals surface area contributed by atoms with E-state index in [2.05, 4.69) is 45.0 Å². The first-order chi connectivity index (χ1) is 20.3. The minimum atomic E-state index is -2.90. The average molecular weight is 605 g/mol. The maximum atomic E-state index is 11.4. The number of allylic oxidation sites excluding steroid dienone is 4. The standard InChI is InChI=1S/C35H44O7Si/c1-34(2,3)43(29-18-10-7-11-19-29,30-20-12-8-13-21-30)42-33(39)22-14-6-5-9-16-27(36)26-31(37)35(4,40)25-24-28-17-15-23-32(38)41-28/h5-16,18-25,27-28,31,33,36-37,39-40H,17,26H2,1-4H3/b6-5-,16-9-,22-14+,25-24?/t27-,28+,31+,33?,35+/m0/s1. The Balaban J connectivity index is 1.60. The van der Waals surface area contributed by atoms with Crippen molar-refractivity contribution in [2.24, 2.45) is 0 Å². The number of aliphatic hydroxyl groups excluding tert-OH is 3. The summed E-state index contributed by atoms with van der Waals surface area (Å²) in [7, 11) is -2.90. The van der Waals surface area contributed by atoms with E-state index in [0.717, 1.165) is 10.4 Å². The molecule has 0 fully saturated rings. The van der Waals surface area contributed by atoms with Gasteiger partial charge in [-0.15, -0.1) is 0 Å². The highest BCUT2D eigenvalue weighted by Crippen LogP contribution is 2.37. The molecule has 0 bridgehead atoms. The fourth-order valence-corrected chi connectivity index (χ4v) is 9.46. The quantitative estimate of drug-likeness (QED) is 0.0903. The molecular weight excluding hydrogens is 560 g/mol. The summed E-state index contributed by atoms with van der Waals surface area (Å²) in [5.74, 6) is -0.453. The average Bonchev–Trinajstić information content (AvgIpc) is 2.97. The van der Waals surface area contributed by atoms with E-state index in [-0.39, 0.29) is 11.5 Å². The van der Waals surface area contributed by atoms with Crippen molar-refractivity contribution in [2.45, 2.75) is 75.8 Å². The van der Waals surface area contributed by atoms with Crippen LogP contribution in [0.25, 0.3) is 0 Å². The van der Waals surface area contributed by atoms with Crippen LogP contribution in [0.3, 0.4) is 0 Å². The third kappa shape index (κ3) is 9.56. The van der Waals surface area contributed by atoms with E-state index in [4.69, 9.17) is 9.16 Å². The van der Waals surface area contributed by atoms with Crippen LogP contribution >= 0.6 is 0 Å². The first kappa shape index (κ1) is 34.1. The number of carbonyl (C=O) groups is 1. The van der Waals surface area contributed by atoms with Crippen molar-refractivity contribution in [3.8, 4) is 0 Å². The van der Waals surface area contributed by atoms with Gasteiger partial charge in [0.05, 0.1) is 12.2 Å². The van der Waals surface area contributed by atoms with Gasteiger partial charge in [-0.3, -0.25) is 0 Å². The monoisotopic (exact) mass is 604 g/mol. The lowest BCUT2D eigenvalue weighted by Crippen LogP contribution is -2.67. The van der Waals surface area contributed by atoms with E-state index in [1.807, 2.05) is 36.4 Å². The van der Waals surface area contributed by atoms with E-state index in [1.54, 1.807) is 36.5 Å². The van der Waals surface area contributed by atoms with Crippen molar-refractivity contribution in [3.05, 3.63) is 121 Å². The zero-order chi connectivity index (χ0) is 31.5. The molecule has 2 aromatic rings. The molecule has 7 nitrogen and oxygen atoms in total. The van der Waals surface area contributed by atoms with Crippen LogP contribution < -0.4 is 10.4 Å². The highest BCUT2D eigenvalue weighted by Gasteiger charge is 2.51. The van der Waals surface area contributed by atoms with Crippen molar-refractivity contribution in [1.29, 1.82) is 0 Å². The summed E-state index contributed by atoms with van der Waals surface area (Å²) in [5.41, 5.74) is -1.62. The normalized spacial score (nSPS) is 20.1. The van der Waals surface area contributed by atoms with Crippen molar-refractivity contribution in [2.75, 3.05) is 0 Å². The molecular formula is C35H44O7Si. The third-order valence-electron chi connectivity index (χ3n) is 7.33. The molecule has 3 rings (SSSR count). The zero-order valence-corrected chi connectivity index (χ0v) is 26.3. The second-order valence-corrected chi connectivity index (χ2v) is 16.1. The Hall–Kier alpha value is -3.37. The predicted octanol–water partition coefficient (Wildman–Crippen LogP) is 3.84. The molecule has 230 valence electrons. The molecule has 0 amide bonds. The minimum absolute atomic E-state index is 0.104. The van der Waals surface area contributed by atoms with E-state index in [9.17, 15) is 25.2 Å². The van der Waals surface area contributed by atoms with Gasteiger partial charge in [-0.25, -0.2) is 4.79 Å². The first-order valence-electron chi connectivity index (χ1n) is 14.5. The fraction of sp³-hybridized carbons (Fsp3) is 0.343. The minimum Gasteiger partial charge on any atom is -0.455 e. The molecule has 1 heterocycles. The molecule has 1 aliphatic heterocycles. The van der Waals surface area contributed by atoms with E-state index in [1.165, 1.54) is 31.2 Å². The molecule has 0 aromatic heterocycles. The lowest BCUT2D eigenvalue weighted by atomic mass is 9.93. The van der Waals surface area contributed by atoms with Gasteiger partial charge in [-0.1, -0.05) is 124 Å². The van der Waals surface area contributed by atoms with Crippen LogP contribution in [0.4, 0.5) is 0 Å². The van der Waals surface area contributed by atoms with Gasteiger partial charge >= 0.3 is 5.97 Å². The van der Waals surface area contributed by atoms with Gasteiger partial charge < -0.3 is 29.6 Å². The Morgan fingerprint density at radius 1 is 0.907 bits per heavy atom. The summed E-state index contributed by atoms with van der Waals surface area (Å²) in [6.45, 7) is 7.85. The number of rotatable bonds is 13. The van der Waals surface area contributed by atoms with Gasteiger partial charge in [0.2, 0.25) is 0 Å². The van der Waals surface area contributed by atoms with Crippen molar-refractivity contribution in [1.82, 2.24) is 0 Å². The zero-order valence-electron chi connectivity index (χ0n) is 25.3. The number of ether oxygens (including phenoxy) is 1. The Morgan fingerprint density at radius 2 is 1.47 bits per heavy atom. The molecule has 0 radical (unpaired) electrons. The Kier molecular flexibility index (Phi) is 12.2. The van der Waals surface area contributed by atoms with Gasteiger partial charge in [0.15, 0.2) is 6.29 Å². The molecule has 1 unspecified atom stereocenters. The number of esters is 1. The van der Waals surface area contributed by atoms with Gasteiger partial charge in [0, 0.05) is 18.9 Å². The lowest BCUT2D eigenvalue weighted by Gasteiger charge is -2.43. The van der Waals surface area contributed by atoms with Crippen molar-refractivity contribution < 1.29 is 34.4 Å². The van der Waals surface area contributed by atoms with Crippen molar-refractivity contribution >= 4 is 24.7 Å². The number of carbonyl (C=O) groups excluding carboxylic acids is 1. The van der Waals surface area contributed by atoms with Crippen LogP contribution in [0.5, 0.6) is 0 Å². The van der Waals surface area contributed by atoms with Gasteiger partial charge in [0.1, 0.15) is 11.7 Å². The molecule has 43 heavy (non-hydrogen) atoms. The summed E-state index contributed by atoms with van der Waals surface area (Å²) in [6, 6.07) is 20.2. The van der Waals surface area contributed by atoms with Crippen LogP contribution in [0, 0.1) is 0 Å². The molecule has 0 spiro atoms. The molecule has 8 heteroatoms. The largest absolute Gasteiger partial charge is 0.455 e. The number of hydrogen-bond acceptors (Lipinski definition) is 7. The lowest BCUT2D eigenvalue weighted by molar-refractivity contribution is -0.141. The molecule has 0 saturated heterocycles. The third-order valence-corrected chi connectivity index (χ3v) is 12.3. The van der Waals surface area contributed by atoms with Crippen LogP contribution in [-0.4, -0.2) is 64.9 Å². The number of cyclic esters (lactones) is 1. The topological polar surface area (TPSA) is 116 Å². The van der Waals surface area contributed by atoms with Crippen LogP contribution in [0.15, 0.2) is 121 Å². The van der Waals surface area contributed by atoms with E-state index >= 15 is 0 Å². The molecule has 1 aliphatic rings. The van der Waals surface area contributed by atoms with Crippen molar-refractivity contribution in [3.63, 3.8) is 0 Å². The SMILES string of the molecule is CC(C)(C)[Si](OC(O)/C=C/C=C\C=C/[C@H](O)C[C@@H](O)[C@](C)(O)C=C[C@H]1CC=CC(=O)O1)(c1ccccc1)c1ccccc1. The van der Waals surface area contributed by atoms with Crippen LogP contribution in [0.2, 0.25) is 5.04 Å². The summed E-state index contributed by atoms with van der Waals surface area (Å²) in [5, 5.41) is 44.2. The van der Waals surface area contributed by atoms with Gasteiger partial charge in [0.25, 0.3) is 8.32 Å². The molecule has 0 saturated carbocycles. The second kappa shape index (κ2) is 15.4. The second-order valence-electron chi connectivity index (χ2n) is 11.8. The number of aliphatic hydroxyl groups is 4. The molecule has 4 N–H and O–H groups in total. The Bertz CT molecular complexity index is 1270. The smallest absolute Gasteiger partial charge is 0.331 e. The highest BCUT2D eigenvalue weighted by atomic mass is 28.4. The summed E-state index contributed by atoms with van der Waals surface area (Å²) >= 11 is 0. The molecule has 5 atom stereocenters. The predicted molar refractivity (Wildman–Crippen MR) is 172 cm³/mol. The Morgan fingerprint density at radius 3 is 2.00 bits per heavy atom. The van der Waals surface area contributed by atoms with E-state index < -0.39 is 44.5 Å². The first-order valence-corrected chi connectivity index (χ1v) is 16.4. The molecule has 0 aliphatic carbocycles.